The number of aliphatic hydroxyl groups excluding tert-OH is 1. The standard InChI is InChI=1S/C15H26O2/c1-7-15(6)9-13(16)12(14(4,5)17)8-11(15)10(2)3/h7,11-13,16-17H,1-2,8-9H2,3-6H3. The molecule has 17 heavy (non-hydrogen) atoms. The van der Waals surface area contributed by atoms with Crippen LogP contribution in [0.1, 0.15) is 40.5 Å². The number of aliphatic hydroxyl groups is 2. The van der Waals surface area contributed by atoms with Crippen LogP contribution < -0.4 is 0 Å². The summed E-state index contributed by atoms with van der Waals surface area (Å²) < 4.78 is 0. The lowest BCUT2D eigenvalue weighted by Gasteiger charge is -2.49. The van der Waals surface area contributed by atoms with Crippen molar-refractivity contribution >= 4 is 0 Å². The van der Waals surface area contributed by atoms with Gasteiger partial charge in [-0.15, -0.1) is 6.58 Å². The van der Waals surface area contributed by atoms with Crippen molar-refractivity contribution in [3.05, 3.63) is 24.8 Å². The molecule has 2 heteroatoms. The molecule has 98 valence electrons. The van der Waals surface area contributed by atoms with Gasteiger partial charge in [0.25, 0.3) is 0 Å². The smallest absolute Gasteiger partial charge is 0.0644 e. The fourth-order valence-electron chi connectivity index (χ4n) is 3.16. The van der Waals surface area contributed by atoms with Gasteiger partial charge < -0.3 is 10.2 Å². The Morgan fingerprint density at radius 3 is 2.35 bits per heavy atom. The third kappa shape index (κ3) is 2.80. The molecule has 2 N–H and O–H groups in total. The fourth-order valence-corrected chi connectivity index (χ4v) is 3.16. The summed E-state index contributed by atoms with van der Waals surface area (Å²) in [4.78, 5) is 0. The van der Waals surface area contributed by atoms with Crippen molar-refractivity contribution in [2.24, 2.45) is 17.3 Å². The van der Waals surface area contributed by atoms with Gasteiger partial charge >= 0.3 is 0 Å². The molecule has 0 spiro atoms. The molecular weight excluding hydrogens is 212 g/mol. The van der Waals surface area contributed by atoms with E-state index in [1.165, 1.54) is 0 Å². The minimum Gasteiger partial charge on any atom is -0.393 e. The molecule has 4 unspecified atom stereocenters. The Bertz CT molecular complexity index is 313. The van der Waals surface area contributed by atoms with E-state index in [1.54, 1.807) is 13.8 Å². The lowest BCUT2D eigenvalue weighted by atomic mass is 9.59. The van der Waals surface area contributed by atoms with E-state index in [2.05, 4.69) is 20.1 Å². The second-order valence-corrected chi connectivity index (χ2v) is 6.38. The molecule has 0 heterocycles. The van der Waals surface area contributed by atoms with Crippen molar-refractivity contribution in [1.82, 2.24) is 0 Å². The van der Waals surface area contributed by atoms with E-state index >= 15 is 0 Å². The van der Waals surface area contributed by atoms with Gasteiger partial charge in [0.15, 0.2) is 0 Å². The normalized spacial score (nSPS) is 38.8. The van der Waals surface area contributed by atoms with Crippen LogP contribution >= 0.6 is 0 Å². The molecule has 1 fully saturated rings. The van der Waals surface area contributed by atoms with Gasteiger partial charge in [-0.05, 0) is 44.9 Å². The summed E-state index contributed by atoms with van der Waals surface area (Å²) in [5.41, 5.74) is 0.136. The lowest BCUT2D eigenvalue weighted by molar-refractivity contribution is -0.0953. The predicted molar refractivity (Wildman–Crippen MR) is 71.6 cm³/mol. The molecule has 0 saturated heterocycles. The maximum atomic E-state index is 10.2. The molecule has 0 bridgehead atoms. The van der Waals surface area contributed by atoms with Gasteiger partial charge in [0.1, 0.15) is 0 Å². The second-order valence-electron chi connectivity index (χ2n) is 6.38. The number of allylic oxidation sites excluding steroid dienone is 2. The molecule has 1 saturated carbocycles. The lowest BCUT2D eigenvalue weighted by Crippen LogP contribution is -2.49. The van der Waals surface area contributed by atoms with Crippen molar-refractivity contribution in [3.8, 4) is 0 Å². The topological polar surface area (TPSA) is 40.5 Å². The quantitative estimate of drug-likeness (QED) is 0.742. The van der Waals surface area contributed by atoms with E-state index in [0.717, 1.165) is 12.0 Å². The van der Waals surface area contributed by atoms with Crippen LogP contribution in [0.25, 0.3) is 0 Å². The third-order valence-electron chi connectivity index (χ3n) is 4.37. The highest BCUT2D eigenvalue weighted by Gasteiger charge is 2.47. The van der Waals surface area contributed by atoms with Gasteiger partial charge in [-0.25, -0.2) is 0 Å². The highest BCUT2D eigenvalue weighted by molar-refractivity contribution is 5.14. The molecular formula is C15H26O2. The molecule has 0 aromatic rings. The summed E-state index contributed by atoms with van der Waals surface area (Å²) in [6, 6.07) is 0. The number of rotatable bonds is 3. The Labute approximate surface area is 105 Å². The molecule has 1 aliphatic rings. The van der Waals surface area contributed by atoms with E-state index in [0.29, 0.717) is 6.42 Å². The zero-order valence-corrected chi connectivity index (χ0v) is 11.5. The zero-order valence-electron chi connectivity index (χ0n) is 11.5. The Hall–Kier alpha value is -0.600. The third-order valence-corrected chi connectivity index (χ3v) is 4.37. The Kier molecular flexibility index (Phi) is 3.90. The number of hydrogen-bond acceptors (Lipinski definition) is 2. The molecule has 0 radical (unpaired) electrons. The first-order chi connectivity index (χ1) is 7.62. The van der Waals surface area contributed by atoms with Gasteiger partial charge in [0.05, 0.1) is 11.7 Å². The van der Waals surface area contributed by atoms with Crippen LogP contribution in [-0.2, 0) is 0 Å². The van der Waals surface area contributed by atoms with Gasteiger partial charge in [-0.3, -0.25) is 0 Å². The average Bonchev–Trinajstić information content (AvgIpc) is 2.14. The van der Waals surface area contributed by atoms with Crippen LogP contribution in [0.4, 0.5) is 0 Å². The first kappa shape index (κ1) is 14.5. The summed E-state index contributed by atoms with van der Waals surface area (Å²) in [5.74, 6) is 0.178. The van der Waals surface area contributed by atoms with Crippen molar-refractivity contribution in [2.45, 2.75) is 52.2 Å². The van der Waals surface area contributed by atoms with Gasteiger partial charge in [0.2, 0.25) is 0 Å². The van der Waals surface area contributed by atoms with Crippen LogP contribution in [0, 0.1) is 17.3 Å². The first-order valence-electron chi connectivity index (χ1n) is 6.31. The second kappa shape index (κ2) is 4.58. The summed E-state index contributed by atoms with van der Waals surface area (Å²) in [6.45, 7) is 15.6. The zero-order chi connectivity index (χ0) is 13.4. The highest BCUT2D eigenvalue weighted by Crippen LogP contribution is 2.49. The summed E-state index contributed by atoms with van der Waals surface area (Å²) in [6.07, 6.45) is 2.86. The van der Waals surface area contributed by atoms with Crippen LogP contribution in [0.15, 0.2) is 24.8 Å². The van der Waals surface area contributed by atoms with Crippen LogP contribution in [0.2, 0.25) is 0 Å². The maximum Gasteiger partial charge on any atom is 0.0644 e. The molecule has 2 nitrogen and oxygen atoms in total. The molecule has 0 aliphatic heterocycles. The monoisotopic (exact) mass is 238 g/mol. The van der Waals surface area contributed by atoms with E-state index < -0.39 is 11.7 Å². The summed E-state index contributed by atoms with van der Waals surface area (Å²) >= 11 is 0. The van der Waals surface area contributed by atoms with E-state index in [4.69, 9.17) is 0 Å². The minimum absolute atomic E-state index is 0.0998. The van der Waals surface area contributed by atoms with E-state index in [-0.39, 0.29) is 17.3 Å². The molecule has 0 aromatic carbocycles. The Morgan fingerprint density at radius 1 is 1.47 bits per heavy atom. The maximum absolute atomic E-state index is 10.2. The van der Waals surface area contributed by atoms with Crippen molar-refractivity contribution in [3.63, 3.8) is 0 Å². The van der Waals surface area contributed by atoms with Crippen molar-refractivity contribution in [2.75, 3.05) is 0 Å². The van der Waals surface area contributed by atoms with Crippen molar-refractivity contribution < 1.29 is 10.2 Å². The minimum atomic E-state index is -0.852. The summed E-state index contributed by atoms with van der Waals surface area (Å²) in [5, 5.41) is 20.4. The predicted octanol–water partition coefficient (Wildman–Crippen LogP) is 2.91. The molecule has 1 aliphatic carbocycles. The Balaban J connectivity index is 3.03. The van der Waals surface area contributed by atoms with E-state index in [1.807, 2.05) is 13.0 Å². The molecule has 4 atom stereocenters. The molecule has 0 amide bonds. The Morgan fingerprint density at radius 2 is 2.00 bits per heavy atom. The highest BCUT2D eigenvalue weighted by atomic mass is 16.3. The van der Waals surface area contributed by atoms with Crippen LogP contribution in [0.5, 0.6) is 0 Å². The fraction of sp³-hybridized carbons (Fsp3) is 0.733. The van der Waals surface area contributed by atoms with Gasteiger partial charge in [-0.1, -0.05) is 25.2 Å². The first-order valence-corrected chi connectivity index (χ1v) is 6.31. The largest absolute Gasteiger partial charge is 0.393 e. The van der Waals surface area contributed by atoms with Crippen molar-refractivity contribution in [1.29, 1.82) is 0 Å². The van der Waals surface area contributed by atoms with Gasteiger partial charge in [-0.2, -0.15) is 0 Å². The summed E-state index contributed by atoms with van der Waals surface area (Å²) in [7, 11) is 0. The SMILES string of the molecule is C=CC1(C)CC(O)C(C(C)(C)O)CC1C(=C)C. The average molecular weight is 238 g/mol. The molecule has 0 aromatic heterocycles. The number of hydrogen-bond donors (Lipinski definition) is 2. The van der Waals surface area contributed by atoms with Gasteiger partial charge in [0, 0.05) is 5.92 Å². The van der Waals surface area contributed by atoms with Crippen LogP contribution in [-0.4, -0.2) is 21.9 Å². The van der Waals surface area contributed by atoms with E-state index in [9.17, 15) is 10.2 Å². The molecule has 1 rings (SSSR count). The van der Waals surface area contributed by atoms with Crippen LogP contribution in [0.3, 0.4) is 0 Å².